The third kappa shape index (κ3) is 5.21. The Morgan fingerprint density at radius 2 is 1.70 bits per heavy atom. The van der Waals surface area contributed by atoms with Crippen molar-refractivity contribution in [2.75, 3.05) is 13.1 Å². The average Bonchev–Trinajstić information content (AvgIpc) is 2.65. The predicted molar refractivity (Wildman–Crippen MR) is 92.9 cm³/mol. The van der Waals surface area contributed by atoms with Crippen molar-refractivity contribution >= 4 is 17.7 Å². The molecule has 0 bridgehead atoms. The molecule has 0 saturated carbocycles. The third-order valence-electron chi connectivity index (χ3n) is 3.73. The lowest BCUT2D eigenvalue weighted by Crippen LogP contribution is -2.33. The molecule has 0 saturated heterocycles. The Morgan fingerprint density at radius 3 is 2.41 bits per heavy atom. The fourth-order valence-electron chi connectivity index (χ4n) is 2.31. The van der Waals surface area contributed by atoms with E-state index in [9.17, 15) is 29.3 Å². The maximum Gasteiger partial charge on any atom is 0.465 e. The Hall–Kier alpha value is -3.56. The van der Waals surface area contributed by atoms with Crippen LogP contribution in [0, 0.1) is 4.91 Å². The second kappa shape index (κ2) is 9.22. The molecule has 1 aromatic heterocycles. The van der Waals surface area contributed by atoms with Crippen LogP contribution in [-0.4, -0.2) is 45.5 Å². The lowest BCUT2D eigenvalue weighted by molar-refractivity contribution is -0.411. The first-order valence-electron chi connectivity index (χ1n) is 8.29. The van der Waals surface area contributed by atoms with Crippen molar-refractivity contribution in [1.82, 2.24) is 15.4 Å². The highest BCUT2D eigenvalue weighted by molar-refractivity contribution is 5.95. The summed E-state index contributed by atoms with van der Waals surface area (Å²) >= 11 is 0. The Morgan fingerprint density at radius 1 is 1.04 bits per heavy atom. The standard InChI is InChI=1S/C17H18N4O6/c22-14-8-4-6-12(20(14)26)16(24)18-10-2-1-3-11-19-17(25)13-7-5-9-15(23)21(13)27/h4-9,26H,1-3,10-11H2,(H-,18,19,24,25)/p+1. The summed E-state index contributed by atoms with van der Waals surface area (Å²) < 4.78 is 0.319. The van der Waals surface area contributed by atoms with Crippen LogP contribution in [0.5, 0.6) is 0 Å². The Labute approximate surface area is 153 Å². The van der Waals surface area contributed by atoms with Crippen molar-refractivity contribution in [3.05, 3.63) is 63.1 Å². The molecule has 1 aromatic rings. The molecule has 2 heterocycles. The minimum atomic E-state index is -0.801. The number of rotatable bonds is 8. The van der Waals surface area contributed by atoms with Crippen LogP contribution in [0.4, 0.5) is 0 Å². The number of allylic oxidation sites excluding steroid dienone is 2. The molecule has 0 unspecified atom stereocenters. The molecule has 0 aliphatic carbocycles. The number of carbonyl (C=O) groups excluding carboxylic acids is 3. The van der Waals surface area contributed by atoms with E-state index < -0.39 is 23.3 Å². The van der Waals surface area contributed by atoms with Crippen LogP contribution in [0.25, 0.3) is 0 Å². The van der Waals surface area contributed by atoms with Gasteiger partial charge in [0.05, 0.1) is 6.08 Å². The molecule has 10 heteroatoms. The van der Waals surface area contributed by atoms with Crippen molar-refractivity contribution in [2.45, 2.75) is 19.3 Å². The maximum absolute atomic E-state index is 11.9. The Balaban J connectivity index is 1.64. The molecule has 1 aliphatic heterocycles. The lowest BCUT2D eigenvalue weighted by Gasteiger charge is -2.07. The van der Waals surface area contributed by atoms with Gasteiger partial charge in [0, 0.05) is 30.1 Å². The van der Waals surface area contributed by atoms with Gasteiger partial charge in [-0.25, -0.2) is 4.79 Å². The van der Waals surface area contributed by atoms with Gasteiger partial charge in [0.1, 0.15) is 10.5 Å². The van der Waals surface area contributed by atoms with Crippen molar-refractivity contribution in [1.29, 1.82) is 0 Å². The molecule has 3 amide bonds. The fraction of sp³-hybridized carbons (Fsp3) is 0.294. The van der Waals surface area contributed by atoms with Gasteiger partial charge >= 0.3 is 17.5 Å². The van der Waals surface area contributed by atoms with E-state index in [1.165, 1.54) is 24.3 Å². The van der Waals surface area contributed by atoms with E-state index in [4.69, 9.17) is 0 Å². The molecule has 1 aliphatic rings. The van der Waals surface area contributed by atoms with Crippen molar-refractivity contribution in [3.63, 3.8) is 0 Å². The molecule has 0 aromatic carbocycles. The van der Waals surface area contributed by atoms with Gasteiger partial charge in [-0.15, -0.1) is 4.73 Å². The van der Waals surface area contributed by atoms with Gasteiger partial charge in [-0.3, -0.25) is 14.4 Å². The molecule has 27 heavy (non-hydrogen) atoms. The predicted octanol–water partition coefficient (Wildman–Crippen LogP) is -0.139. The zero-order valence-electron chi connectivity index (χ0n) is 14.4. The lowest BCUT2D eigenvalue weighted by atomic mass is 10.2. The maximum atomic E-state index is 11.9. The number of carbonyl (C=O) groups is 3. The van der Waals surface area contributed by atoms with Gasteiger partial charge in [-0.1, -0.05) is 6.07 Å². The van der Waals surface area contributed by atoms with E-state index in [-0.39, 0.29) is 20.9 Å². The summed E-state index contributed by atoms with van der Waals surface area (Å²) in [5.74, 6) is -1.99. The van der Waals surface area contributed by atoms with Crippen LogP contribution < -0.4 is 16.2 Å². The summed E-state index contributed by atoms with van der Waals surface area (Å²) in [7, 11) is 0. The third-order valence-corrected chi connectivity index (χ3v) is 3.73. The minimum Gasteiger partial charge on any atom is -0.425 e. The van der Waals surface area contributed by atoms with Crippen LogP contribution in [0.3, 0.4) is 0 Å². The van der Waals surface area contributed by atoms with Gasteiger partial charge in [-0.05, 0) is 31.4 Å². The molecular formula is C17H19N4O6+. The molecule has 0 fully saturated rings. The van der Waals surface area contributed by atoms with E-state index in [0.29, 0.717) is 32.4 Å². The quantitative estimate of drug-likeness (QED) is 0.329. The van der Waals surface area contributed by atoms with E-state index in [0.717, 1.165) is 12.1 Å². The van der Waals surface area contributed by atoms with Crippen molar-refractivity contribution < 1.29 is 24.4 Å². The highest BCUT2D eigenvalue weighted by Crippen LogP contribution is 2.05. The van der Waals surface area contributed by atoms with Crippen LogP contribution in [-0.2, 0) is 9.59 Å². The zero-order valence-corrected chi connectivity index (χ0v) is 14.4. The highest BCUT2D eigenvalue weighted by Gasteiger charge is 2.33. The van der Waals surface area contributed by atoms with Crippen LogP contribution in [0.2, 0.25) is 0 Å². The van der Waals surface area contributed by atoms with E-state index in [2.05, 4.69) is 10.6 Å². The first-order valence-corrected chi connectivity index (χ1v) is 8.29. The second-order valence-electron chi connectivity index (χ2n) is 5.68. The van der Waals surface area contributed by atoms with Crippen molar-refractivity contribution in [3.8, 4) is 0 Å². The number of pyridine rings is 1. The molecule has 0 spiro atoms. The second-order valence-corrected chi connectivity index (χ2v) is 5.68. The molecular weight excluding hydrogens is 356 g/mol. The number of hydrogen-bond acceptors (Lipinski definition) is 6. The van der Waals surface area contributed by atoms with Crippen LogP contribution >= 0.6 is 0 Å². The SMILES string of the molecule is O=C(NCCCCCNC(=O)c1cccc(=O)n1O)C1=CC=CC(=O)[N+]1=O. The normalized spacial score (nSPS) is 13.3. The first-order chi connectivity index (χ1) is 12.9. The molecule has 10 nitrogen and oxygen atoms in total. The number of unbranched alkanes of at least 4 members (excludes halogenated alkanes) is 2. The van der Waals surface area contributed by atoms with E-state index in [1.54, 1.807) is 0 Å². The molecule has 3 N–H and O–H groups in total. The fourth-order valence-corrected chi connectivity index (χ4v) is 2.31. The van der Waals surface area contributed by atoms with E-state index >= 15 is 0 Å². The summed E-state index contributed by atoms with van der Waals surface area (Å²) in [5, 5.41) is 14.6. The summed E-state index contributed by atoms with van der Waals surface area (Å²) in [6.07, 6.45) is 5.58. The number of nitrogens with one attached hydrogen (secondary N) is 2. The average molecular weight is 375 g/mol. The highest BCUT2D eigenvalue weighted by atomic mass is 16.5. The smallest absolute Gasteiger partial charge is 0.425 e. The topological polar surface area (TPSA) is 138 Å². The number of nitroso groups, excluding NO2 is 1. The van der Waals surface area contributed by atoms with Gasteiger partial charge in [0.15, 0.2) is 0 Å². The van der Waals surface area contributed by atoms with E-state index in [1.807, 2.05) is 0 Å². The number of aromatic nitrogens is 1. The number of nitrogens with zero attached hydrogens (tertiary/aromatic N) is 2. The first kappa shape index (κ1) is 19.8. The Bertz CT molecular complexity index is 884. The molecule has 0 atom stereocenters. The number of hydrogen-bond donors (Lipinski definition) is 3. The zero-order chi connectivity index (χ0) is 19.8. The van der Waals surface area contributed by atoms with Gasteiger partial charge in [-0.2, -0.15) is 0 Å². The summed E-state index contributed by atoms with van der Waals surface area (Å²) in [5.41, 5.74) is -1.10. The van der Waals surface area contributed by atoms with Gasteiger partial charge in [0.2, 0.25) is 0 Å². The number of amides is 3. The van der Waals surface area contributed by atoms with Crippen LogP contribution in [0.1, 0.15) is 29.8 Å². The largest absolute Gasteiger partial charge is 0.465 e. The summed E-state index contributed by atoms with van der Waals surface area (Å²) in [6.45, 7) is 0.638. The Kier molecular flexibility index (Phi) is 6.75. The van der Waals surface area contributed by atoms with Gasteiger partial charge < -0.3 is 15.8 Å². The summed E-state index contributed by atoms with van der Waals surface area (Å²) in [6, 6.07) is 3.83. The van der Waals surface area contributed by atoms with Crippen LogP contribution in [0.15, 0.2) is 46.9 Å². The van der Waals surface area contributed by atoms with Gasteiger partial charge in [0.25, 0.3) is 11.5 Å². The van der Waals surface area contributed by atoms with Crippen molar-refractivity contribution in [2.24, 2.45) is 0 Å². The molecule has 2 rings (SSSR count). The monoisotopic (exact) mass is 375 g/mol. The molecule has 142 valence electrons. The summed E-state index contributed by atoms with van der Waals surface area (Å²) in [4.78, 5) is 57.6. The molecule has 0 radical (unpaired) electrons. The minimum absolute atomic E-state index is 0.0369.